The average Bonchev–Trinajstić information content (AvgIpc) is 2.46. The van der Waals surface area contributed by atoms with Crippen molar-refractivity contribution in [3.05, 3.63) is 53.1 Å². The minimum Gasteiger partial charge on any atom is -0.321 e. The third kappa shape index (κ3) is 1.21. The first kappa shape index (κ1) is 8.17. The maximum atomic E-state index is 11.2. The first-order valence-corrected chi connectivity index (χ1v) is 4.70. The van der Waals surface area contributed by atoms with Crippen molar-refractivity contribution in [2.45, 2.75) is 0 Å². The number of hydrogen-bond acceptors (Lipinski definition) is 2. The standard InChI is InChI=1S/C12H8N2O/c15-12-7-13-6-10-9-4-2-1-3-8(9)5-11(10)14-12/h1-7H,(H,14,15). The molecular formula is C12H8N2O. The van der Waals surface area contributed by atoms with Crippen molar-refractivity contribution < 1.29 is 0 Å². The van der Waals surface area contributed by atoms with E-state index in [9.17, 15) is 4.79 Å². The number of H-pyrrole nitrogens is 1. The molecule has 1 aromatic rings. The van der Waals surface area contributed by atoms with Crippen molar-refractivity contribution in [3.63, 3.8) is 0 Å². The molecule has 0 saturated heterocycles. The maximum absolute atomic E-state index is 11.2. The predicted octanol–water partition coefficient (Wildman–Crippen LogP) is 2.03. The zero-order chi connectivity index (χ0) is 10.3. The van der Waals surface area contributed by atoms with Gasteiger partial charge in [0.25, 0.3) is 5.56 Å². The molecule has 3 nitrogen and oxygen atoms in total. The Morgan fingerprint density at radius 1 is 1.13 bits per heavy atom. The molecule has 3 heteroatoms. The first-order chi connectivity index (χ1) is 7.34. The van der Waals surface area contributed by atoms with E-state index in [1.807, 2.05) is 30.3 Å². The number of benzene rings is 1. The molecule has 0 saturated carbocycles. The molecule has 1 aliphatic carbocycles. The Kier molecular flexibility index (Phi) is 1.59. The van der Waals surface area contributed by atoms with E-state index in [4.69, 9.17) is 0 Å². The summed E-state index contributed by atoms with van der Waals surface area (Å²) in [5.74, 6) is 0. The summed E-state index contributed by atoms with van der Waals surface area (Å²) in [6.07, 6.45) is 3.00. The van der Waals surface area contributed by atoms with Gasteiger partial charge in [0.2, 0.25) is 0 Å². The van der Waals surface area contributed by atoms with Crippen LogP contribution in [0.25, 0.3) is 22.0 Å². The lowest BCUT2D eigenvalue weighted by Gasteiger charge is -1.91. The van der Waals surface area contributed by atoms with Crippen LogP contribution in [0.5, 0.6) is 0 Å². The van der Waals surface area contributed by atoms with E-state index in [2.05, 4.69) is 9.97 Å². The Balaban J connectivity index is 2.53. The Morgan fingerprint density at radius 3 is 2.93 bits per heavy atom. The van der Waals surface area contributed by atoms with E-state index >= 15 is 0 Å². The molecule has 1 aromatic carbocycles. The summed E-state index contributed by atoms with van der Waals surface area (Å²) in [5, 5.41) is 2.24. The van der Waals surface area contributed by atoms with Gasteiger partial charge in [0.15, 0.2) is 0 Å². The fourth-order valence-corrected chi connectivity index (χ4v) is 1.83. The van der Waals surface area contributed by atoms with Crippen molar-refractivity contribution in [1.29, 1.82) is 0 Å². The molecule has 3 rings (SSSR count). The molecule has 15 heavy (non-hydrogen) atoms. The van der Waals surface area contributed by atoms with E-state index in [1.54, 1.807) is 6.20 Å². The number of aromatic amines is 1. The zero-order valence-corrected chi connectivity index (χ0v) is 7.90. The molecule has 0 unspecified atom stereocenters. The minimum absolute atomic E-state index is 0.180. The number of aromatic nitrogens is 2. The van der Waals surface area contributed by atoms with E-state index in [0.717, 1.165) is 22.0 Å². The highest BCUT2D eigenvalue weighted by atomic mass is 16.1. The van der Waals surface area contributed by atoms with Crippen LogP contribution >= 0.6 is 0 Å². The van der Waals surface area contributed by atoms with Crippen LogP contribution in [0.2, 0.25) is 0 Å². The Morgan fingerprint density at radius 2 is 2.00 bits per heavy atom. The minimum atomic E-state index is -0.180. The smallest absolute Gasteiger partial charge is 0.266 e. The first-order valence-electron chi connectivity index (χ1n) is 4.70. The van der Waals surface area contributed by atoms with Crippen LogP contribution in [0, 0.1) is 0 Å². The third-order valence-electron chi connectivity index (χ3n) is 2.49. The summed E-state index contributed by atoms with van der Waals surface area (Å²) in [6, 6.07) is 9.97. The van der Waals surface area contributed by atoms with Crippen LogP contribution in [0.1, 0.15) is 0 Å². The highest BCUT2D eigenvalue weighted by Gasteiger charge is 2.08. The number of rotatable bonds is 0. The van der Waals surface area contributed by atoms with E-state index in [0.29, 0.717) is 0 Å². The lowest BCUT2D eigenvalue weighted by molar-refractivity contribution is 1.24. The van der Waals surface area contributed by atoms with E-state index < -0.39 is 0 Å². The van der Waals surface area contributed by atoms with Crippen molar-refractivity contribution in [2.24, 2.45) is 0 Å². The fraction of sp³-hybridized carbons (Fsp3) is 0. The van der Waals surface area contributed by atoms with E-state index in [-0.39, 0.29) is 5.56 Å². The second-order valence-electron chi connectivity index (χ2n) is 3.46. The Hall–Kier alpha value is -2.16. The molecule has 0 atom stereocenters. The van der Waals surface area contributed by atoms with Crippen molar-refractivity contribution in [1.82, 2.24) is 9.97 Å². The second-order valence-corrected chi connectivity index (χ2v) is 3.46. The molecule has 0 amide bonds. The molecule has 1 heterocycles. The van der Waals surface area contributed by atoms with E-state index in [1.165, 1.54) is 6.20 Å². The zero-order valence-electron chi connectivity index (χ0n) is 7.90. The summed E-state index contributed by atoms with van der Waals surface area (Å²) >= 11 is 0. The molecule has 1 aliphatic heterocycles. The van der Waals surface area contributed by atoms with Gasteiger partial charge in [0.1, 0.15) is 0 Å². The highest BCUT2D eigenvalue weighted by Crippen LogP contribution is 2.30. The average molecular weight is 196 g/mol. The molecule has 0 fully saturated rings. The summed E-state index contributed by atoms with van der Waals surface area (Å²) in [6.45, 7) is 0. The van der Waals surface area contributed by atoms with Gasteiger partial charge in [-0.2, -0.15) is 0 Å². The normalized spacial score (nSPS) is 10.9. The van der Waals surface area contributed by atoms with Gasteiger partial charge in [-0.05, 0) is 16.8 Å². The van der Waals surface area contributed by atoms with Crippen LogP contribution in [-0.2, 0) is 0 Å². The van der Waals surface area contributed by atoms with Gasteiger partial charge in [-0.3, -0.25) is 9.78 Å². The Labute approximate surface area is 85.8 Å². The number of fused-ring (bicyclic) bond motifs is 3. The molecule has 2 aliphatic rings. The summed E-state index contributed by atoms with van der Waals surface area (Å²) in [4.78, 5) is 18.0. The molecule has 0 radical (unpaired) electrons. The van der Waals surface area contributed by atoms with Crippen LogP contribution in [0.15, 0.2) is 47.5 Å². The summed E-state index contributed by atoms with van der Waals surface area (Å²) < 4.78 is 0. The lowest BCUT2D eigenvalue weighted by atomic mass is 10.2. The fourth-order valence-electron chi connectivity index (χ4n) is 1.83. The van der Waals surface area contributed by atoms with Gasteiger partial charge < -0.3 is 4.98 Å². The molecular weight excluding hydrogens is 188 g/mol. The summed E-state index contributed by atoms with van der Waals surface area (Å²) in [5.41, 5.74) is 1.63. The topological polar surface area (TPSA) is 45.8 Å². The van der Waals surface area contributed by atoms with Gasteiger partial charge in [-0.25, -0.2) is 0 Å². The van der Waals surface area contributed by atoms with Gasteiger partial charge in [0, 0.05) is 11.8 Å². The number of hydrogen-bond donors (Lipinski definition) is 1. The van der Waals surface area contributed by atoms with Crippen molar-refractivity contribution in [3.8, 4) is 11.3 Å². The van der Waals surface area contributed by atoms with Gasteiger partial charge in [-0.1, -0.05) is 24.3 Å². The second kappa shape index (κ2) is 2.92. The monoisotopic (exact) mass is 196 g/mol. The van der Waals surface area contributed by atoms with Crippen molar-refractivity contribution >= 4 is 10.8 Å². The Bertz CT molecular complexity index is 657. The van der Waals surface area contributed by atoms with Crippen molar-refractivity contribution in [2.75, 3.05) is 0 Å². The van der Waals surface area contributed by atoms with Crippen LogP contribution in [0.3, 0.4) is 0 Å². The predicted molar refractivity (Wildman–Crippen MR) is 59.0 cm³/mol. The number of nitrogens with zero attached hydrogens (tertiary/aromatic N) is 1. The van der Waals surface area contributed by atoms with Crippen LogP contribution < -0.4 is 5.56 Å². The number of nitrogens with one attached hydrogen (secondary N) is 1. The van der Waals surface area contributed by atoms with Crippen LogP contribution in [-0.4, -0.2) is 9.97 Å². The SMILES string of the molecule is O=c1cncc2c3ccccc3cc-2[nH]1. The van der Waals surface area contributed by atoms with Crippen LogP contribution in [0.4, 0.5) is 0 Å². The van der Waals surface area contributed by atoms with Gasteiger partial charge >= 0.3 is 0 Å². The van der Waals surface area contributed by atoms with Gasteiger partial charge in [0.05, 0.1) is 11.9 Å². The molecule has 72 valence electrons. The largest absolute Gasteiger partial charge is 0.321 e. The maximum Gasteiger partial charge on any atom is 0.266 e. The third-order valence-corrected chi connectivity index (χ3v) is 2.49. The highest BCUT2D eigenvalue weighted by molar-refractivity contribution is 6.00. The molecule has 0 bridgehead atoms. The molecule has 0 aromatic heterocycles. The molecule has 0 spiro atoms. The molecule has 1 N–H and O–H groups in total. The lowest BCUT2D eigenvalue weighted by Crippen LogP contribution is -1.99. The van der Waals surface area contributed by atoms with Gasteiger partial charge in [-0.15, -0.1) is 0 Å². The summed E-state index contributed by atoms with van der Waals surface area (Å²) in [7, 11) is 0. The quantitative estimate of drug-likeness (QED) is 0.598.